The summed E-state index contributed by atoms with van der Waals surface area (Å²) < 4.78 is 17.6. The van der Waals surface area contributed by atoms with Crippen molar-refractivity contribution in [1.29, 1.82) is 0 Å². The molecule has 2 heterocycles. The fourth-order valence-corrected chi connectivity index (χ4v) is 5.79. The molecule has 0 spiro atoms. The van der Waals surface area contributed by atoms with Gasteiger partial charge in [-0.05, 0) is 70.7 Å². The normalized spacial score (nSPS) is 12.5. The minimum absolute atomic E-state index is 0.189. The maximum atomic E-state index is 15.4. The zero-order valence-corrected chi connectivity index (χ0v) is 20.7. The molecule has 0 amide bonds. The van der Waals surface area contributed by atoms with Gasteiger partial charge in [0.05, 0.1) is 11.0 Å². The van der Waals surface area contributed by atoms with Crippen molar-refractivity contribution in [3.8, 4) is 22.3 Å². The Balaban J connectivity index is 1.92. The molecule has 0 radical (unpaired) electrons. The van der Waals surface area contributed by atoms with Crippen LogP contribution in [0.1, 0.15) is 44.6 Å². The van der Waals surface area contributed by atoms with Gasteiger partial charge in [0.25, 0.3) is 0 Å². The van der Waals surface area contributed by atoms with Gasteiger partial charge in [-0.25, -0.2) is 9.37 Å². The highest BCUT2D eigenvalue weighted by atomic mass is 19.1. The average molecular weight is 473 g/mol. The zero-order valence-electron chi connectivity index (χ0n) is 20.7. The summed E-state index contributed by atoms with van der Waals surface area (Å²) in [5.41, 5.74) is 8.30. The summed E-state index contributed by atoms with van der Waals surface area (Å²) in [4.78, 5) is 5.17. The Morgan fingerprint density at radius 2 is 1.47 bits per heavy atom. The predicted octanol–water partition coefficient (Wildman–Crippen LogP) is 9.41. The lowest BCUT2D eigenvalue weighted by molar-refractivity contribution is 0.586. The first-order valence-corrected chi connectivity index (χ1v) is 12.9. The smallest absolute Gasteiger partial charge is 0.137 e. The highest BCUT2D eigenvalue weighted by molar-refractivity contribution is 6.21. The fraction of sp³-hybridized carbons (Fsp3) is 0.182. The van der Waals surface area contributed by atoms with E-state index in [4.69, 9.17) is 4.98 Å². The van der Waals surface area contributed by atoms with Crippen molar-refractivity contribution >= 4 is 27.5 Å². The topological polar surface area (TPSA) is 17.3 Å². The van der Waals surface area contributed by atoms with Crippen molar-refractivity contribution in [2.45, 2.75) is 39.0 Å². The molecule has 6 rings (SSSR count). The van der Waals surface area contributed by atoms with Gasteiger partial charge in [-0.2, -0.15) is 0 Å². The molecule has 6 aromatic rings. The molecular formula is C33H29FN2. The van der Waals surface area contributed by atoms with Crippen molar-refractivity contribution in [3.63, 3.8) is 0 Å². The van der Waals surface area contributed by atoms with Crippen LogP contribution in [0.3, 0.4) is 0 Å². The van der Waals surface area contributed by atoms with E-state index in [1.165, 1.54) is 0 Å². The summed E-state index contributed by atoms with van der Waals surface area (Å²) in [6, 6.07) is 30.4. The Hall–Kier alpha value is -3.98. The Labute approximate surface area is 211 Å². The number of imidazole rings is 1. The van der Waals surface area contributed by atoms with Gasteiger partial charge in [0.2, 0.25) is 0 Å². The molecule has 4 aromatic carbocycles. The lowest BCUT2D eigenvalue weighted by Crippen LogP contribution is -2.02. The molecule has 0 saturated heterocycles. The minimum atomic E-state index is -0.189. The lowest BCUT2D eigenvalue weighted by atomic mass is 9.83. The average Bonchev–Trinajstić information content (AvgIpc) is 3.30. The molecule has 3 heteroatoms. The Morgan fingerprint density at radius 1 is 0.806 bits per heavy atom. The third kappa shape index (κ3) is 3.58. The van der Waals surface area contributed by atoms with Crippen LogP contribution in [0.2, 0.25) is 0 Å². The van der Waals surface area contributed by atoms with Crippen LogP contribution in [0, 0.1) is 5.82 Å². The van der Waals surface area contributed by atoms with Crippen molar-refractivity contribution < 1.29 is 4.39 Å². The standard InChI is InChI=1S/C33H29FN2/c1-3-13-22(4-2)26-20-25(34)21-27-29(23-14-7-5-8-15-23)30(24-16-9-6-10-17-24)33-32(31(26)27)35-28-18-11-12-19-36(28)33/h5-12,14-22H,3-4,13H2,1-2H3. The van der Waals surface area contributed by atoms with Crippen molar-refractivity contribution in [2.24, 2.45) is 0 Å². The summed E-state index contributed by atoms with van der Waals surface area (Å²) in [5, 5.41) is 2.01. The van der Waals surface area contributed by atoms with Gasteiger partial charge in [0.1, 0.15) is 11.5 Å². The van der Waals surface area contributed by atoms with Gasteiger partial charge in [0.15, 0.2) is 0 Å². The Bertz CT molecular complexity index is 1680. The van der Waals surface area contributed by atoms with E-state index >= 15 is 4.39 Å². The number of benzene rings is 4. The van der Waals surface area contributed by atoms with E-state index in [1.54, 1.807) is 12.1 Å². The van der Waals surface area contributed by atoms with Gasteiger partial charge < -0.3 is 0 Å². The van der Waals surface area contributed by atoms with Crippen molar-refractivity contribution in [1.82, 2.24) is 9.38 Å². The van der Waals surface area contributed by atoms with Crippen LogP contribution >= 0.6 is 0 Å². The van der Waals surface area contributed by atoms with E-state index in [9.17, 15) is 0 Å². The van der Waals surface area contributed by atoms with E-state index in [0.29, 0.717) is 0 Å². The number of pyridine rings is 1. The van der Waals surface area contributed by atoms with E-state index in [-0.39, 0.29) is 11.7 Å². The molecule has 0 fully saturated rings. The summed E-state index contributed by atoms with van der Waals surface area (Å²) >= 11 is 0. The molecule has 0 bridgehead atoms. The van der Waals surface area contributed by atoms with E-state index < -0.39 is 0 Å². The van der Waals surface area contributed by atoms with E-state index in [0.717, 1.165) is 74.5 Å². The zero-order chi connectivity index (χ0) is 24.6. The first kappa shape index (κ1) is 22.5. The fourth-order valence-electron chi connectivity index (χ4n) is 5.79. The van der Waals surface area contributed by atoms with Crippen LogP contribution in [0.5, 0.6) is 0 Å². The monoisotopic (exact) mass is 472 g/mol. The Kier molecular flexibility index (Phi) is 5.77. The van der Waals surface area contributed by atoms with Gasteiger partial charge in [-0.1, -0.05) is 87.0 Å². The van der Waals surface area contributed by atoms with Crippen LogP contribution in [0.4, 0.5) is 4.39 Å². The molecule has 0 aliphatic heterocycles. The third-order valence-corrected chi connectivity index (χ3v) is 7.35. The molecule has 1 atom stereocenters. The van der Waals surface area contributed by atoms with E-state index in [1.807, 2.05) is 24.3 Å². The SMILES string of the molecule is CCCC(CC)c1cc(F)cc2c(-c3ccccc3)c(-c3ccccc3)c3c(nc4ccccn43)c12. The maximum Gasteiger partial charge on any atom is 0.137 e. The van der Waals surface area contributed by atoms with Crippen molar-refractivity contribution in [3.05, 3.63) is 109 Å². The maximum absolute atomic E-state index is 15.4. The van der Waals surface area contributed by atoms with Crippen molar-refractivity contribution in [2.75, 3.05) is 0 Å². The quantitative estimate of drug-likeness (QED) is 0.236. The molecular weight excluding hydrogens is 443 g/mol. The minimum Gasteiger partial charge on any atom is -0.299 e. The van der Waals surface area contributed by atoms with Crippen LogP contribution in [0.25, 0.3) is 49.7 Å². The van der Waals surface area contributed by atoms with Gasteiger partial charge in [-0.3, -0.25) is 4.40 Å². The van der Waals surface area contributed by atoms with Gasteiger partial charge >= 0.3 is 0 Å². The first-order valence-electron chi connectivity index (χ1n) is 12.9. The summed E-state index contributed by atoms with van der Waals surface area (Å²) in [5.74, 6) is 0.0822. The molecule has 0 aliphatic carbocycles. The first-order chi connectivity index (χ1) is 17.7. The second-order valence-electron chi connectivity index (χ2n) is 9.53. The summed E-state index contributed by atoms with van der Waals surface area (Å²) in [7, 11) is 0. The molecule has 0 saturated carbocycles. The van der Waals surface area contributed by atoms with Crippen LogP contribution in [0.15, 0.2) is 97.2 Å². The summed E-state index contributed by atoms with van der Waals surface area (Å²) in [6.07, 6.45) is 5.12. The molecule has 178 valence electrons. The van der Waals surface area contributed by atoms with Crippen LogP contribution in [-0.4, -0.2) is 9.38 Å². The number of fused-ring (bicyclic) bond motifs is 5. The molecule has 2 aromatic heterocycles. The lowest BCUT2D eigenvalue weighted by Gasteiger charge is -2.22. The molecule has 0 N–H and O–H groups in total. The van der Waals surface area contributed by atoms with Crippen LogP contribution < -0.4 is 0 Å². The molecule has 36 heavy (non-hydrogen) atoms. The largest absolute Gasteiger partial charge is 0.299 e. The second-order valence-corrected chi connectivity index (χ2v) is 9.53. The molecule has 0 aliphatic rings. The number of halogens is 1. The van der Waals surface area contributed by atoms with Gasteiger partial charge in [-0.15, -0.1) is 0 Å². The number of rotatable bonds is 6. The summed E-state index contributed by atoms with van der Waals surface area (Å²) in [6.45, 7) is 4.40. The number of nitrogens with zero attached hydrogens (tertiary/aromatic N) is 2. The van der Waals surface area contributed by atoms with Gasteiger partial charge in [0, 0.05) is 17.1 Å². The second kappa shape index (κ2) is 9.23. The third-order valence-electron chi connectivity index (χ3n) is 7.35. The predicted molar refractivity (Wildman–Crippen MR) is 149 cm³/mol. The van der Waals surface area contributed by atoms with E-state index in [2.05, 4.69) is 79.0 Å². The highest BCUT2D eigenvalue weighted by Crippen LogP contribution is 2.47. The number of hydrogen-bond acceptors (Lipinski definition) is 1. The number of aromatic nitrogens is 2. The molecule has 1 unspecified atom stereocenters. The number of hydrogen-bond donors (Lipinski definition) is 0. The highest BCUT2D eigenvalue weighted by Gasteiger charge is 2.25. The Morgan fingerprint density at radius 3 is 2.14 bits per heavy atom. The van der Waals surface area contributed by atoms with Crippen LogP contribution in [-0.2, 0) is 0 Å². The molecule has 2 nitrogen and oxygen atoms in total.